The van der Waals surface area contributed by atoms with Crippen LogP contribution in [0.25, 0.3) is 0 Å². The molecule has 0 bridgehead atoms. The van der Waals surface area contributed by atoms with E-state index in [9.17, 15) is 13.2 Å². The summed E-state index contributed by atoms with van der Waals surface area (Å²) in [6.45, 7) is 3.89. The molecule has 0 atom stereocenters. The van der Waals surface area contributed by atoms with E-state index in [-0.39, 0.29) is 11.5 Å². The predicted octanol–water partition coefficient (Wildman–Crippen LogP) is 2.79. The van der Waals surface area contributed by atoms with Crippen molar-refractivity contribution in [1.82, 2.24) is 10.2 Å². The van der Waals surface area contributed by atoms with Gasteiger partial charge in [-0.05, 0) is 50.6 Å². The fourth-order valence-corrected chi connectivity index (χ4v) is 3.00. The molecule has 1 aliphatic carbocycles. The lowest BCUT2D eigenvalue weighted by atomic mass is 9.76. The van der Waals surface area contributed by atoms with Crippen LogP contribution in [0.1, 0.15) is 39.0 Å². The summed E-state index contributed by atoms with van der Waals surface area (Å²) < 4.78 is 37.9. The Bertz CT molecular complexity index is 268. The second-order valence-corrected chi connectivity index (χ2v) is 5.85. The molecule has 1 saturated heterocycles. The third-order valence-corrected chi connectivity index (χ3v) is 4.40. The highest BCUT2D eigenvalue weighted by molar-refractivity contribution is 4.92. The van der Waals surface area contributed by atoms with Gasteiger partial charge in [0.1, 0.15) is 0 Å². The van der Waals surface area contributed by atoms with E-state index in [1.54, 1.807) is 4.90 Å². The largest absolute Gasteiger partial charge is 0.401 e. The smallest absolute Gasteiger partial charge is 0.317 e. The highest BCUT2D eigenvalue weighted by Gasteiger charge is 2.42. The highest BCUT2D eigenvalue weighted by atomic mass is 19.4. The summed E-state index contributed by atoms with van der Waals surface area (Å²) in [4.78, 5) is 1.69. The molecule has 2 rings (SSSR count). The molecule has 5 heteroatoms. The summed E-state index contributed by atoms with van der Waals surface area (Å²) >= 11 is 0. The van der Waals surface area contributed by atoms with Crippen LogP contribution in [-0.4, -0.2) is 43.3 Å². The number of nitrogens with zero attached hydrogens (tertiary/aromatic N) is 1. The molecule has 0 aromatic rings. The van der Waals surface area contributed by atoms with Crippen molar-refractivity contribution in [3.05, 3.63) is 0 Å². The first-order valence-electron chi connectivity index (χ1n) is 6.96. The van der Waals surface area contributed by atoms with Crippen LogP contribution in [-0.2, 0) is 0 Å². The number of halogens is 3. The zero-order valence-electron chi connectivity index (χ0n) is 11.0. The number of piperidine rings is 1. The molecule has 0 unspecified atom stereocenters. The van der Waals surface area contributed by atoms with E-state index >= 15 is 0 Å². The van der Waals surface area contributed by atoms with Crippen LogP contribution in [0.3, 0.4) is 0 Å². The van der Waals surface area contributed by atoms with E-state index < -0.39 is 12.7 Å². The van der Waals surface area contributed by atoms with E-state index in [0.717, 1.165) is 45.2 Å². The van der Waals surface area contributed by atoms with Crippen molar-refractivity contribution in [2.45, 2.75) is 51.2 Å². The summed E-state index contributed by atoms with van der Waals surface area (Å²) in [5.41, 5.74) is 0.0963. The quantitative estimate of drug-likeness (QED) is 0.821. The van der Waals surface area contributed by atoms with Gasteiger partial charge in [-0.25, -0.2) is 0 Å². The Kier molecular flexibility index (Phi) is 4.22. The minimum atomic E-state index is -4.07. The molecule has 2 fully saturated rings. The molecule has 2 nitrogen and oxygen atoms in total. The fourth-order valence-electron chi connectivity index (χ4n) is 3.00. The molecule has 18 heavy (non-hydrogen) atoms. The van der Waals surface area contributed by atoms with Gasteiger partial charge in [-0.3, -0.25) is 4.90 Å². The van der Waals surface area contributed by atoms with Crippen molar-refractivity contribution in [3.8, 4) is 0 Å². The predicted molar refractivity (Wildman–Crippen MR) is 65.5 cm³/mol. The van der Waals surface area contributed by atoms with Crippen molar-refractivity contribution >= 4 is 0 Å². The van der Waals surface area contributed by atoms with E-state index in [1.807, 2.05) is 0 Å². The normalized spacial score (nSPS) is 24.5. The van der Waals surface area contributed by atoms with Gasteiger partial charge in [-0.15, -0.1) is 0 Å². The Labute approximate surface area is 107 Å². The lowest BCUT2D eigenvalue weighted by molar-refractivity contribution is -0.151. The van der Waals surface area contributed by atoms with Gasteiger partial charge in [-0.2, -0.15) is 13.2 Å². The first-order chi connectivity index (χ1) is 8.44. The SMILES string of the molecule is CCC1(CN(CC(F)(F)F)C2CC2)CCNCC1. The van der Waals surface area contributed by atoms with Gasteiger partial charge in [0.2, 0.25) is 0 Å². The maximum atomic E-state index is 12.6. The number of nitrogens with one attached hydrogen (secondary N) is 1. The van der Waals surface area contributed by atoms with Crippen molar-refractivity contribution < 1.29 is 13.2 Å². The van der Waals surface area contributed by atoms with Gasteiger partial charge in [0.05, 0.1) is 6.54 Å². The summed E-state index contributed by atoms with van der Waals surface area (Å²) in [6, 6.07) is 0.185. The minimum Gasteiger partial charge on any atom is -0.317 e. The third-order valence-electron chi connectivity index (χ3n) is 4.40. The van der Waals surface area contributed by atoms with E-state index in [2.05, 4.69) is 12.2 Å². The molecular weight excluding hydrogens is 241 g/mol. The zero-order chi connectivity index (χ0) is 13.2. The van der Waals surface area contributed by atoms with Crippen LogP contribution in [0, 0.1) is 5.41 Å². The molecule has 0 spiro atoms. The van der Waals surface area contributed by atoms with Crippen LogP contribution >= 0.6 is 0 Å². The Hall–Kier alpha value is -0.290. The van der Waals surface area contributed by atoms with Crippen molar-refractivity contribution in [3.63, 3.8) is 0 Å². The molecule has 0 aromatic carbocycles. The average Bonchev–Trinajstić information content (AvgIpc) is 3.11. The molecule has 1 N–H and O–H groups in total. The van der Waals surface area contributed by atoms with Gasteiger partial charge < -0.3 is 5.32 Å². The number of hydrogen-bond donors (Lipinski definition) is 1. The van der Waals surface area contributed by atoms with Crippen molar-refractivity contribution in [2.24, 2.45) is 5.41 Å². The van der Waals surface area contributed by atoms with E-state index in [1.165, 1.54) is 0 Å². The molecule has 2 aliphatic rings. The van der Waals surface area contributed by atoms with Crippen LogP contribution in [0.15, 0.2) is 0 Å². The molecule has 0 amide bonds. The van der Waals surface area contributed by atoms with E-state index in [0.29, 0.717) is 6.54 Å². The molecule has 0 aromatic heterocycles. The molecule has 1 saturated carbocycles. The number of rotatable bonds is 5. The van der Waals surface area contributed by atoms with Crippen LogP contribution in [0.2, 0.25) is 0 Å². The van der Waals surface area contributed by atoms with Gasteiger partial charge in [-0.1, -0.05) is 6.92 Å². The Balaban J connectivity index is 1.98. The fraction of sp³-hybridized carbons (Fsp3) is 1.00. The van der Waals surface area contributed by atoms with Gasteiger partial charge in [0, 0.05) is 12.6 Å². The standard InChI is InChI=1S/C13H23F3N2/c1-2-12(5-7-17-8-6-12)9-18(11-3-4-11)10-13(14,15)16/h11,17H,2-10H2,1H3. The Morgan fingerprint density at radius 3 is 2.28 bits per heavy atom. The summed E-state index contributed by atoms with van der Waals surface area (Å²) in [5, 5.41) is 3.30. The average molecular weight is 264 g/mol. The lowest BCUT2D eigenvalue weighted by Crippen LogP contribution is -2.47. The molecule has 0 radical (unpaired) electrons. The summed E-state index contributed by atoms with van der Waals surface area (Å²) in [5.74, 6) is 0. The second kappa shape index (κ2) is 5.37. The van der Waals surface area contributed by atoms with Crippen molar-refractivity contribution in [2.75, 3.05) is 26.2 Å². The lowest BCUT2D eigenvalue weighted by Gasteiger charge is -2.41. The first kappa shape index (κ1) is 14.1. The first-order valence-corrected chi connectivity index (χ1v) is 6.96. The molecule has 1 aliphatic heterocycles. The Morgan fingerprint density at radius 2 is 1.83 bits per heavy atom. The minimum absolute atomic E-state index is 0.0963. The topological polar surface area (TPSA) is 15.3 Å². The zero-order valence-corrected chi connectivity index (χ0v) is 11.0. The van der Waals surface area contributed by atoms with Gasteiger partial charge >= 0.3 is 6.18 Å². The summed E-state index contributed by atoms with van der Waals surface area (Å²) in [7, 11) is 0. The van der Waals surface area contributed by atoms with Crippen LogP contribution < -0.4 is 5.32 Å². The summed E-state index contributed by atoms with van der Waals surface area (Å²) in [6.07, 6.45) is 0.803. The number of hydrogen-bond acceptors (Lipinski definition) is 2. The van der Waals surface area contributed by atoms with Gasteiger partial charge in [0.15, 0.2) is 0 Å². The maximum Gasteiger partial charge on any atom is 0.401 e. The van der Waals surface area contributed by atoms with Gasteiger partial charge in [0.25, 0.3) is 0 Å². The monoisotopic (exact) mass is 264 g/mol. The van der Waals surface area contributed by atoms with Crippen LogP contribution in [0.4, 0.5) is 13.2 Å². The highest BCUT2D eigenvalue weighted by Crippen LogP contribution is 2.38. The Morgan fingerprint density at radius 1 is 1.22 bits per heavy atom. The second-order valence-electron chi connectivity index (χ2n) is 5.85. The molecule has 106 valence electrons. The van der Waals surface area contributed by atoms with Crippen LogP contribution in [0.5, 0.6) is 0 Å². The van der Waals surface area contributed by atoms with Crippen molar-refractivity contribution in [1.29, 1.82) is 0 Å². The number of alkyl halides is 3. The maximum absolute atomic E-state index is 12.6. The molecular formula is C13H23F3N2. The third kappa shape index (κ3) is 3.85. The van der Waals surface area contributed by atoms with E-state index in [4.69, 9.17) is 0 Å². The molecule has 1 heterocycles.